The van der Waals surface area contributed by atoms with Gasteiger partial charge in [-0.2, -0.15) is 0 Å². The van der Waals surface area contributed by atoms with E-state index in [1.165, 1.54) is 5.56 Å². The third-order valence-corrected chi connectivity index (χ3v) is 3.04. The maximum atomic E-state index is 9.75. The highest BCUT2D eigenvalue weighted by molar-refractivity contribution is 5.39. The molecule has 3 nitrogen and oxygen atoms in total. The molecule has 19 heavy (non-hydrogen) atoms. The first kappa shape index (κ1) is 13.4. The van der Waals surface area contributed by atoms with E-state index in [1.807, 2.05) is 24.3 Å². The molecule has 0 unspecified atom stereocenters. The zero-order chi connectivity index (χ0) is 13.5. The number of ether oxygens (including phenoxy) is 1. The summed E-state index contributed by atoms with van der Waals surface area (Å²) < 4.78 is 5.15. The van der Waals surface area contributed by atoms with E-state index in [0.717, 1.165) is 24.3 Å². The molecule has 0 aromatic heterocycles. The molecule has 0 aliphatic heterocycles. The minimum atomic E-state index is 0.299. The summed E-state index contributed by atoms with van der Waals surface area (Å²) in [5.41, 5.74) is 2.16. The molecule has 0 amide bonds. The number of benzene rings is 2. The lowest BCUT2D eigenvalue weighted by Gasteiger charge is -2.09. The van der Waals surface area contributed by atoms with Crippen molar-refractivity contribution in [2.45, 2.75) is 13.0 Å². The van der Waals surface area contributed by atoms with Crippen LogP contribution in [0.5, 0.6) is 11.5 Å². The lowest BCUT2D eigenvalue weighted by Crippen LogP contribution is -2.16. The quantitative estimate of drug-likeness (QED) is 0.782. The number of phenols is 1. The summed E-state index contributed by atoms with van der Waals surface area (Å²) >= 11 is 0. The van der Waals surface area contributed by atoms with E-state index in [9.17, 15) is 5.11 Å². The van der Waals surface area contributed by atoms with Crippen molar-refractivity contribution in [3.8, 4) is 11.5 Å². The fourth-order valence-electron chi connectivity index (χ4n) is 1.93. The number of hydrogen-bond donors (Lipinski definition) is 2. The fraction of sp³-hybridized carbons (Fsp3) is 0.250. The predicted molar refractivity (Wildman–Crippen MR) is 76.5 cm³/mol. The van der Waals surface area contributed by atoms with E-state index in [4.69, 9.17) is 4.74 Å². The Kier molecular flexibility index (Phi) is 4.81. The van der Waals surface area contributed by atoms with Crippen molar-refractivity contribution in [2.75, 3.05) is 13.7 Å². The fourth-order valence-corrected chi connectivity index (χ4v) is 1.93. The minimum absolute atomic E-state index is 0.299. The van der Waals surface area contributed by atoms with Gasteiger partial charge in [-0.1, -0.05) is 30.3 Å². The maximum Gasteiger partial charge on any atom is 0.120 e. The van der Waals surface area contributed by atoms with Crippen LogP contribution in [0.25, 0.3) is 0 Å². The second kappa shape index (κ2) is 6.81. The van der Waals surface area contributed by atoms with Gasteiger partial charge in [-0.3, -0.25) is 0 Å². The zero-order valence-electron chi connectivity index (χ0n) is 11.1. The molecular weight excluding hydrogens is 238 g/mol. The van der Waals surface area contributed by atoms with Gasteiger partial charge in [0.05, 0.1) is 7.11 Å². The molecular formula is C16H19NO2. The van der Waals surface area contributed by atoms with Crippen molar-refractivity contribution < 1.29 is 9.84 Å². The lowest BCUT2D eigenvalue weighted by atomic mass is 10.1. The lowest BCUT2D eigenvalue weighted by molar-refractivity contribution is 0.410. The molecule has 0 heterocycles. The molecule has 0 aliphatic rings. The van der Waals surface area contributed by atoms with Gasteiger partial charge >= 0.3 is 0 Å². The van der Waals surface area contributed by atoms with Crippen molar-refractivity contribution in [2.24, 2.45) is 0 Å². The van der Waals surface area contributed by atoms with Gasteiger partial charge in [0.1, 0.15) is 11.5 Å². The van der Waals surface area contributed by atoms with Gasteiger partial charge in [-0.25, -0.2) is 0 Å². The Balaban J connectivity index is 1.82. The predicted octanol–water partition coefficient (Wildman–Crippen LogP) is 2.73. The van der Waals surface area contributed by atoms with E-state index in [-0.39, 0.29) is 0 Å². The van der Waals surface area contributed by atoms with Crippen molar-refractivity contribution >= 4 is 0 Å². The third kappa shape index (κ3) is 4.00. The second-order valence-corrected chi connectivity index (χ2v) is 4.41. The van der Waals surface area contributed by atoms with E-state index in [1.54, 1.807) is 19.2 Å². The number of hydrogen-bond acceptors (Lipinski definition) is 3. The van der Waals surface area contributed by atoms with Crippen LogP contribution in [0, 0.1) is 0 Å². The molecule has 0 fully saturated rings. The highest BCUT2D eigenvalue weighted by atomic mass is 16.5. The maximum absolute atomic E-state index is 9.75. The molecule has 3 heteroatoms. The minimum Gasteiger partial charge on any atom is -0.508 e. The normalized spacial score (nSPS) is 10.4. The van der Waals surface area contributed by atoms with Crippen LogP contribution in [-0.4, -0.2) is 18.8 Å². The Labute approximate surface area is 113 Å². The molecule has 2 rings (SSSR count). The van der Waals surface area contributed by atoms with Gasteiger partial charge in [0.2, 0.25) is 0 Å². The number of nitrogens with one attached hydrogen (secondary N) is 1. The molecule has 0 radical (unpaired) electrons. The van der Waals surface area contributed by atoms with Crippen molar-refractivity contribution in [1.29, 1.82) is 0 Å². The zero-order valence-corrected chi connectivity index (χ0v) is 11.1. The summed E-state index contributed by atoms with van der Waals surface area (Å²) in [7, 11) is 1.62. The van der Waals surface area contributed by atoms with Crippen LogP contribution < -0.4 is 10.1 Å². The smallest absolute Gasteiger partial charge is 0.120 e. The molecule has 2 aromatic rings. The monoisotopic (exact) mass is 257 g/mol. The van der Waals surface area contributed by atoms with Crippen LogP contribution in [0.15, 0.2) is 48.5 Å². The number of phenolic OH excluding ortho intramolecular Hbond substituents is 1. The van der Waals surface area contributed by atoms with Crippen molar-refractivity contribution in [1.82, 2.24) is 5.32 Å². The summed E-state index contributed by atoms with van der Waals surface area (Å²) in [5, 5.41) is 13.1. The summed E-state index contributed by atoms with van der Waals surface area (Å²) in [6.45, 7) is 1.51. The molecule has 0 saturated heterocycles. The van der Waals surface area contributed by atoms with Gasteiger partial charge in [0.15, 0.2) is 0 Å². The van der Waals surface area contributed by atoms with Crippen LogP contribution in [0.1, 0.15) is 11.1 Å². The summed E-state index contributed by atoms with van der Waals surface area (Å²) in [6.07, 6.45) is 0.978. The van der Waals surface area contributed by atoms with E-state index in [2.05, 4.69) is 17.4 Å². The number of aromatic hydroxyl groups is 1. The van der Waals surface area contributed by atoms with Crippen LogP contribution in [-0.2, 0) is 13.0 Å². The molecule has 0 aliphatic carbocycles. The number of rotatable bonds is 6. The summed E-state index contributed by atoms with van der Waals surface area (Å²) in [5.74, 6) is 1.06. The summed E-state index contributed by atoms with van der Waals surface area (Å²) in [4.78, 5) is 0. The Morgan fingerprint density at radius 1 is 1.11 bits per heavy atom. The Morgan fingerprint density at radius 3 is 2.63 bits per heavy atom. The highest BCUT2D eigenvalue weighted by Crippen LogP contribution is 2.22. The van der Waals surface area contributed by atoms with Gasteiger partial charge in [-0.15, -0.1) is 0 Å². The molecule has 2 N–H and O–H groups in total. The Morgan fingerprint density at radius 2 is 1.89 bits per heavy atom. The third-order valence-electron chi connectivity index (χ3n) is 3.04. The second-order valence-electron chi connectivity index (χ2n) is 4.41. The largest absolute Gasteiger partial charge is 0.508 e. The summed E-state index contributed by atoms with van der Waals surface area (Å²) in [6, 6.07) is 15.6. The first-order chi connectivity index (χ1) is 9.29. The average Bonchev–Trinajstić information content (AvgIpc) is 2.46. The van der Waals surface area contributed by atoms with Gasteiger partial charge in [0.25, 0.3) is 0 Å². The van der Waals surface area contributed by atoms with Gasteiger partial charge < -0.3 is 15.2 Å². The Bertz CT molecular complexity index is 511. The van der Waals surface area contributed by atoms with Crippen LogP contribution >= 0.6 is 0 Å². The highest BCUT2D eigenvalue weighted by Gasteiger charge is 2.02. The average molecular weight is 257 g/mol. The van der Waals surface area contributed by atoms with Crippen molar-refractivity contribution in [3.05, 3.63) is 59.7 Å². The Hall–Kier alpha value is -2.00. The molecule has 0 atom stereocenters. The molecule has 100 valence electrons. The van der Waals surface area contributed by atoms with Crippen molar-refractivity contribution in [3.63, 3.8) is 0 Å². The molecule has 0 spiro atoms. The van der Waals surface area contributed by atoms with Gasteiger partial charge in [0, 0.05) is 12.1 Å². The van der Waals surface area contributed by atoms with Crippen LogP contribution in [0.2, 0.25) is 0 Å². The van der Waals surface area contributed by atoms with Crippen LogP contribution in [0.3, 0.4) is 0 Å². The van der Waals surface area contributed by atoms with Crippen LogP contribution in [0.4, 0.5) is 0 Å². The molecule has 2 aromatic carbocycles. The molecule has 0 saturated carbocycles. The number of methoxy groups -OCH3 is 1. The first-order valence-corrected chi connectivity index (χ1v) is 6.40. The van der Waals surface area contributed by atoms with E-state index < -0.39 is 0 Å². The SMILES string of the molecule is COc1ccc(O)c(CNCCc2ccccc2)c1. The van der Waals surface area contributed by atoms with E-state index >= 15 is 0 Å². The standard InChI is InChI=1S/C16H19NO2/c1-19-15-7-8-16(18)14(11-15)12-17-10-9-13-5-3-2-4-6-13/h2-8,11,17-18H,9-10,12H2,1H3. The van der Waals surface area contributed by atoms with Gasteiger partial charge in [-0.05, 0) is 36.7 Å². The topological polar surface area (TPSA) is 41.5 Å². The first-order valence-electron chi connectivity index (χ1n) is 6.40. The molecule has 0 bridgehead atoms. The van der Waals surface area contributed by atoms with E-state index in [0.29, 0.717) is 12.3 Å².